The maximum absolute atomic E-state index is 6.06. The largest absolute Gasteiger partial charge is 0.398 e. The Morgan fingerprint density at radius 3 is 2.50 bits per heavy atom. The fourth-order valence-corrected chi connectivity index (χ4v) is 3.20. The van der Waals surface area contributed by atoms with Gasteiger partial charge < -0.3 is 5.73 Å². The van der Waals surface area contributed by atoms with E-state index in [4.69, 9.17) is 5.73 Å². The lowest BCUT2D eigenvalue weighted by atomic mass is 10.1. The van der Waals surface area contributed by atoms with Gasteiger partial charge in [0.25, 0.3) is 0 Å². The van der Waals surface area contributed by atoms with E-state index in [9.17, 15) is 0 Å². The number of anilines is 1. The molecule has 0 radical (unpaired) electrons. The zero-order valence-electron chi connectivity index (χ0n) is 10.6. The molecule has 0 atom stereocenters. The van der Waals surface area contributed by atoms with Crippen LogP contribution in [0.2, 0.25) is 0 Å². The molecule has 0 spiro atoms. The van der Waals surface area contributed by atoms with Crippen molar-refractivity contribution in [1.29, 1.82) is 0 Å². The molecule has 18 heavy (non-hydrogen) atoms. The number of piperazine rings is 1. The Labute approximate surface area is 117 Å². The average molecular weight is 310 g/mol. The number of halogens is 1. The molecule has 1 saturated carbocycles. The van der Waals surface area contributed by atoms with E-state index in [-0.39, 0.29) is 0 Å². The molecule has 0 aromatic heterocycles. The standard InChI is InChI=1S/C14H20BrN3/c15-13-2-1-3-14(16)12(13)10-17-6-8-18(9-7-17)11-4-5-11/h1-3,11H,4-10,16H2. The van der Waals surface area contributed by atoms with Gasteiger partial charge in [-0.2, -0.15) is 0 Å². The summed E-state index contributed by atoms with van der Waals surface area (Å²) in [7, 11) is 0. The number of hydrogen-bond donors (Lipinski definition) is 1. The van der Waals surface area contributed by atoms with Crippen molar-refractivity contribution < 1.29 is 0 Å². The molecule has 0 amide bonds. The number of nitrogens with two attached hydrogens (primary N) is 1. The smallest absolute Gasteiger partial charge is 0.0371 e. The molecule has 2 fully saturated rings. The van der Waals surface area contributed by atoms with Gasteiger partial charge in [-0.3, -0.25) is 9.80 Å². The monoisotopic (exact) mass is 309 g/mol. The summed E-state index contributed by atoms with van der Waals surface area (Å²) in [5, 5.41) is 0. The second-order valence-electron chi connectivity index (χ2n) is 5.35. The number of nitrogens with zero attached hydrogens (tertiary/aromatic N) is 2. The minimum atomic E-state index is 0.897. The third-order valence-electron chi connectivity index (χ3n) is 4.01. The van der Waals surface area contributed by atoms with E-state index in [1.807, 2.05) is 12.1 Å². The normalized spacial score (nSPS) is 22.3. The summed E-state index contributed by atoms with van der Waals surface area (Å²) in [4.78, 5) is 5.15. The molecule has 3 nitrogen and oxygen atoms in total. The fourth-order valence-electron chi connectivity index (χ4n) is 2.69. The van der Waals surface area contributed by atoms with Gasteiger partial charge in [-0.05, 0) is 25.0 Å². The lowest BCUT2D eigenvalue weighted by Gasteiger charge is -2.35. The van der Waals surface area contributed by atoms with Crippen molar-refractivity contribution in [1.82, 2.24) is 9.80 Å². The second-order valence-corrected chi connectivity index (χ2v) is 6.21. The highest BCUT2D eigenvalue weighted by atomic mass is 79.9. The van der Waals surface area contributed by atoms with Crippen LogP contribution in [0.15, 0.2) is 22.7 Å². The molecule has 1 aliphatic carbocycles. The highest BCUT2D eigenvalue weighted by Crippen LogP contribution is 2.29. The number of nitrogen functional groups attached to an aromatic ring is 1. The Hall–Kier alpha value is -0.580. The summed E-state index contributed by atoms with van der Waals surface area (Å²) < 4.78 is 1.13. The topological polar surface area (TPSA) is 32.5 Å². The first-order valence-electron chi connectivity index (χ1n) is 6.73. The van der Waals surface area contributed by atoms with Gasteiger partial charge in [0, 0.05) is 54.5 Å². The van der Waals surface area contributed by atoms with Crippen molar-refractivity contribution in [3.8, 4) is 0 Å². The van der Waals surface area contributed by atoms with Crippen LogP contribution in [0.3, 0.4) is 0 Å². The maximum Gasteiger partial charge on any atom is 0.0371 e. The van der Waals surface area contributed by atoms with Crippen molar-refractivity contribution in [2.45, 2.75) is 25.4 Å². The van der Waals surface area contributed by atoms with Crippen LogP contribution in [0.4, 0.5) is 5.69 Å². The van der Waals surface area contributed by atoms with E-state index in [0.29, 0.717) is 0 Å². The van der Waals surface area contributed by atoms with E-state index in [1.54, 1.807) is 0 Å². The fraction of sp³-hybridized carbons (Fsp3) is 0.571. The van der Waals surface area contributed by atoms with Crippen LogP contribution in [-0.2, 0) is 6.54 Å². The third-order valence-corrected chi connectivity index (χ3v) is 4.75. The van der Waals surface area contributed by atoms with Crippen LogP contribution in [0.25, 0.3) is 0 Å². The Balaban J connectivity index is 1.60. The number of hydrogen-bond acceptors (Lipinski definition) is 3. The summed E-state index contributed by atoms with van der Waals surface area (Å²) in [5.41, 5.74) is 8.19. The van der Waals surface area contributed by atoms with Crippen LogP contribution in [0.1, 0.15) is 18.4 Å². The predicted molar refractivity (Wildman–Crippen MR) is 78.4 cm³/mol. The first kappa shape index (κ1) is 12.5. The van der Waals surface area contributed by atoms with Gasteiger partial charge in [0.1, 0.15) is 0 Å². The van der Waals surface area contributed by atoms with E-state index in [1.165, 1.54) is 31.5 Å². The van der Waals surface area contributed by atoms with Crippen LogP contribution in [-0.4, -0.2) is 42.0 Å². The molecule has 0 unspecified atom stereocenters. The maximum atomic E-state index is 6.06. The Bertz CT molecular complexity index is 403. The average Bonchev–Trinajstić information content (AvgIpc) is 3.19. The first-order chi connectivity index (χ1) is 8.74. The number of rotatable bonds is 3. The van der Waals surface area contributed by atoms with Gasteiger partial charge in [0.2, 0.25) is 0 Å². The van der Waals surface area contributed by atoms with Gasteiger partial charge in [0.05, 0.1) is 0 Å². The molecular formula is C14H20BrN3. The minimum Gasteiger partial charge on any atom is -0.398 e. The lowest BCUT2D eigenvalue weighted by molar-refractivity contribution is 0.121. The first-order valence-corrected chi connectivity index (χ1v) is 7.52. The molecule has 0 bridgehead atoms. The van der Waals surface area contributed by atoms with Crippen molar-refractivity contribution >= 4 is 21.6 Å². The van der Waals surface area contributed by atoms with Crippen LogP contribution < -0.4 is 5.73 Å². The summed E-state index contributed by atoms with van der Waals surface area (Å²) in [6, 6.07) is 6.96. The zero-order chi connectivity index (χ0) is 12.5. The minimum absolute atomic E-state index is 0.897. The van der Waals surface area contributed by atoms with Crippen molar-refractivity contribution in [2.24, 2.45) is 0 Å². The van der Waals surface area contributed by atoms with E-state index in [0.717, 1.165) is 35.8 Å². The molecule has 1 aromatic carbocycles. The molecule has 1 aromatic rings. The molecule has 2 N–H and O–H groups in total. The molecule has 1 saturated heterocycles. The van der Waals surface area contributed by atoms with E-state index < -0.39 is 0 Å². The highest BCUT2D eigenvalue weighted by molar-refractivity contribution is 9.10. The van der Waals surface area contributed by atoms with Crippen LogP contribution in [0.5, 0.6) is 0 Å². The van der Waals surface area contributed by atoms with Gasteiger partial charge in [0.15, 0.2) is 0 Å². The third kappa shape index (κ3) is 2.71. The SMILES string of the molecule is Nc1cccc(Br)c1CN1CCN(C2CC2)CC1. The second kappa shape index (κ2) is 5.19. The van der Waals surface area contributed by atoms with Crippen LogP contribution in [0, 0.1) is 0 Å². The van der Waals surface area contributed by atoms with Gasteiger partial charge >= 0.3 is 0 Å². The molecule has 2 aliphatic rings. The van der Waals surface area contributed by atoms with Crippen molar-refractivity contribution in [3.63, 3.8) is 0 Å². The van der Waals surface area contributed by atoms with Crippen molar-refractivity contribution in [3.05, 3.63) is 28.2 Å². The molecular weight excluding hydrogens is 290 g/mol. The lowest BCUT2D eigenvalue weighted by Crippen LogP contribution is -2.46. The molecule has 98 valence electrons. The predicted octanol–water partition coefficient (Wildman–Crippen LogP) is 2.31. The molecule has 3 rings (SSSR count). The zero-order valence-corrected chi connectivity index (χ0v) is 12.2. The van der Waals surface area contributed by atoms with E-state index >= 15 is 0 Å². The van der Waals surface area contributed by atoms with E-state index in [2.05, 4.69) is 31.8 Å². The Morgan fingerprint density at radius 1 is 1.17 bits per heavy atom. The summed E-state index contributed by atoms with van der Waals surface area (Å²) in [6.07, 6.45) is 2.83. The Morgan fingerprint density at radius 2 is 1.89 bits per heavy atom. The Kier molecular flexibility index (Phi) is 3.59. The van der Waals surface area contributed by atoms with Gasteiger partial charge in [-0.15, -0.1) is 0 Å². The van der Waals surface area contributed by atoms with Gasteiger partial charge in [-0.25, -0.2) is 0 Å². The molecule has 1 heterocycles. The summed E-state index contributed by atoms with van der Waals surface area (Å²) in [5.74, 6) is 0. The summed E-state index contributed by atoms with van der Waals surface area (Å²) >= 11 is 3.60. The highest BCUT2D eigenvalue weighted by Gasteiger charge is 2.31. The van der Waals surface area contributed by atoms with Gasteiger partial charge in [-0.1, -0.05) is 22.0 Å². The molecule has 1 aliphatic heterocycles. The van der Waals surface area contributed by atoms with Crippen molar-refractivity contribution in [2.75, 3.05) is 31.9 Å². The number of benzene rings is 1. The van der Waals surface area contributed by atoms with Crippen LogP contribution >= 0.6 is 15.9 Å². The summed E-state index contributed by atoms with van der Waals surface area (Å²) in [6.45, 7) is 5.73. The quantitative estimate of drug-likeness (QED) is 0.870. The molecule has 4 heteroatoms.